The molecular formula is C21H22BrN3S. The molecule has 1 saturated carbocycles. The van der Waals surface area contributed by atoms with E-state index >= 15 is 0 Å². The molecule has 0 radical (unpaired) electrons. The first-order valence-corrected chi connectivity index (χ1v) is 10.6. The Morgan fingerprint density at radius 2 is 2.12 bits per heavy atom. The fraction of sp³-hybridized carbons (Fsp3) is 0.333. The third-order valence-electron chi connectivity index (χ3n) is 5.01. The second-order valence-electron chi connectivity index (χ2n) is 7.20. The molecule has 0 amide bonds. The summed E-state index contributed by atoms with van der Waals surface area (Å²) < 4.78 is 3.07. The molecule has 26 heavy (non-hydrogen) atoms. The Balaban J connectivity index is 1.70. The molecule has 3 unspecified atom stereocenters. The predicted molar refractivity (Wildman–Crippen MR) is 113 cm³/mol. The minimum atomic E-state index is 0.546. The van der Waals surface area contributed by atoms with Gasteiger partial charge in [-0.3, -0.25) is 4.99 Å². The van der Waals surface area contributed by atoms with Crippen LogP contribution in [-0.4, -0.2) is 17.4 Å². The maximum absolute atomic E-state index is 4.88. The van der Waals surface area contributed by atoms with Crippen molar-refractivity contribution >= 4 is 33.5 Å². The van der Waals surface area contributed by atoms with E-state index in [1.807, 2.05) is 11.6 Å². The predicted octanol–water partition coefficient (Wildman–Crippen LogP) is 5.50. The average molecular weight is 428 g/mol. The van der Waals surface area contributed by atoms with Gasteiger partial charge in [-0.2, -0.15) is 5.10 Å². The Morgan fingerprint density at radius 1 is 1.31 bits per heavy atom. The minimum absolute atomic E-state index is 0.546. The molecule has 134 valence electrons. The zero-order chi connectivity index (χ0) is 18.1. The topological polar surface area (TPSA) is 29.6 Å². The first-order valence-electron chi connectivity index (χ1n) is 8.94. The molecule has 1 aromatic heterocycles. The maximum atomic E-state index is 4.88. The summed E-state index contributed by atoms with van der Waals surface area (Å²) in [6, 6.07) is 8.35. The monoisotopic (exact) mass is 427 g/mol. The van der Waals surface area contributed by atoms with Crippen LogP contribution in [0.3, 0.4) is 0 Å². The molecule has 4 rings (SSSR count). The number of aromatic nitrogens is 1. The summed E-state index contributed by atoms with van der Waals surface area (Å²) in [5, 5.41) is 7.01. The highest BCUT2D eigenvalue weighted by molar-refractivity contribution is 9.10. The van der Waals surface area contributed by atoms with E-state index < -0.39 is 0 Å². The Labute approximate surface area is 166 Å². The van der Waals surface area contributed by atoms with E-state index in [4.69, 9.17) is 10.1 Å². The normalized spacial score (nSPS) is 24.8. The van der Waals surface area contributed by atoms with Crippen LogP contribution in [0.2, 0.25) is 0 Å². The summed E-state index contributed by atoms with van der Waals surface area (Å²) in [5.41, 5.74) is 3.28. The third kappa shape index (κ3) is 3.69. The van der Waals surface area contributed by atoms with Crippen molar-refractivity contribution in [2.45, 2.75) is 19.8 Å². The lowest BCUT2D eigenvalue weighted by Gasteiger charge is -2.12. The summed E-state index contributed by atoms with van der Waals surface area (Å²) >= 11 is 5.14. The van der Waals surface area contributed by atoms with E-state index in [0.29, 0.717) is 18.4 Å². The number of hydrogen-bond acceptors (Lipinski definition) is 3. The van der Waals surface area contributed by atoms with Crippen LogP contribution in [0.4, 0.5) is 0 Å². The average Bonchev–Trinajstić information content (AvgIpc) is 3.34. The van der Waals surface area contributed by atoms with E-state index in [9.17, 15) is 0 Å². The summed E-state index contributed by atoms with van der Waals surface area (Å²) in [6.07, 6.45) is 9.39. The number of thiazole rings is 1. The highest BCUT2D eigenvalue weighted by atomic mass is 79.9. The fourth-order valence-corrected chi connectivity index (χ4v) is 4.79. The van der Waals surface area contributed by atoms with Gasteiger partial charge in [0.05, 0.1) is 12.2 Å². The summed E-state index contributed by atoms with van der Waals surface area (Å²) in [7, 11) is 0. The summed E-state index contributed by atoms with van der Waals surface area (Å²) in [6.45, 7) is 6.59. The third-order valence-corrected chi connectivity index (χ3v) is 6.40. The standard InChI is InChI=1S/C21H22BrN3S/c1-14(2)11-23-21-25(24-12-18-10-15-3-4-17(18)9-15)20(13-26-21)16-5-7-19(22)8-6-16/h3-8,12-13,15,17-18H,1,9-11H2,2H3. The molecule has 2 aliphatic carbocycles. The molecule has 2 aromatic rings. The van der Waals surface area contributed by atoms with Crippen molar-refractivity contribution in [3.8, 4) is 11.3 Å². The van der Waals surface area contributed by atoms with Gasteiger partial charge in [0.1, 0.15) is 0 Å². The van der Waals surface area contributed by atoms with Crippen LogP contribution in [0.1, 0.15) is 19.8 Å². The van der Waals surface area contributed by atoms with Crippen molar-refractivity contribution in [1.82, 2.24) is 4.68 Å². The van der Waals surface area contributed by atoms with E-state index in [2.05, 4.69) is 70.5 Å². The lowest BCUT2D eigenvalue weighted by Crippen LogP contribution is -2.15. The van der Waals surface area contributed by atoms with Crippen LogP contribution in [-0.2, 0) is 0 Å². The van der Waals surface area contributed by atoms with Crippen molar-refractivity contribution in [3.05, 3.63) is 63.2 Å². The number of benzene rings is 1. The Morgan fingerprint density at radius 3 is 2.77 bits per heavy atom. The van der Waals surface area contributed by atoms with Crippen LogP contribution in [0.5, 0.6) is 0 Å². The number of nitrogens with zero attached hydrogens (tertiary/aromatic N) is 3. The van der Waals surface area contributed by atoms with Gasteiger partial charge in [-0.1, -0.05) is 52.4 Å². The van der Waals surface area contributed by atoms with Crippen LogP contribution in [0.25, 0.3) is 11.3 Å². The zero-order valence-electron chi connectivity index (χ0n) is 14.8. The van der Waals surface area contributed by atoms with Crippen molar-refractivity contribution < 1.29 is 0 Å². The quantitative estimate of drug-likeness (QED) is 0.445. The zero-order valence-corrected chi connectivity index (χ0v) is 17.2. The largest absolute Gasteiger partial charge is 0.253 e. The fourth-order valence-electron chi connectivity index (χ4n) is 3.69. The molecule has 3 atom stereocenters. The van der Waals surface area contributed by atoms with Gasteiger partial charge in [-0.25, -0.2) is 4.68 Å². The molecule has 5 heteroatoms. The lowest BCUT2D eigenvalue weighted by molar-refractivity contribution is 0.589. The van der Waals surface area contributed by atoms with E-state index in [1.165, 1.54) is 12.8 Å². The van der Waals surface area contributed by atoms with Gasteiger partial charge in [-0.15, -0.1) is 11.3 Å². The molecule has 0 spiro atoms. The Bertz CT molecular complexity index is 933. The second kappa shape index (κ2) is 7.49. The molecule has 0 N–H and O–H groups in total. The van der Waals surface area contributed by atoms with E-state index in [0.717, 1.165) is 32.0 Å². The molecule has 2 bridgehead atoms. The number of hydrogen-bond donors (Lipinski definition) is 0. The van der Waals surface area contributed by atoms with Crippen LogP contribution < -0.4 is 4.80 Å². The Kier molecular flexibility index (Phi) is 5.09. The molecule has 1 aromatic carbocycles. The van der Waals surface area contributed by atoms with Gasteiger partial charge in [0.15, 0.2) is 0 Å². The Hall–Kier alpha value is -1.72. The van der Waals surface area contributed by atoms with Crippen molar-refractivity contribution in [3.63, 3.8) is 0 Å². The summed E-state index contributed by atoms with van der Waals surface area (Å²) in [4.78, 5) is 5.63. The number of rotatable bonds is 5. The number of halogens is 1. The van der Waals surface area contributed by atoms with Gasteiger partial charge in [-0.05, 0) is 43.7 Å². The highest BCUT2D eigenvalue weighted by Crippen LogP contribution is 2.42. The number of fused-ring (bicyclic) bond motifs is 2. The highest BCUT2D eigenvalue weighted by Gasteiger charge is 2.34. The maximum Gasteiger partial charge on any atom is 0.206 e. The molecule has 0 saturated heterocycles. The molecular weight excluding hydrogens is 406 g/mol. The van der Waals surface area contributed by atoms with Crippen molar-refractivity contribution in [2.24, 2.45) is 27.8 Å². The van der Waals surface area contributed by atoms with E-state index in [-0.39, 0.29) is 0 Å². The van der Waals surface area contributed by atoms with Gasteiger partial charge in [0.25, 0.3) is 0 Å². The molecule has 1 heterocycles. The first kappa shape index (κ1) is 17.7. The smallest absolute Gasteiger partial charge is 0.206 e. The lowest BCUT2D eigenvalue weighted by atomic mass is 9.95. The minimum Gasteiger partial charge on any atom is -0.253 e. The van der Waals surface area contributed by atoms with Gasteiger partial charge in [0, 0.05) is 27.5 Å². The van der Waals surface area contributed by atoms with Crippen LogP contribution >= 0.6 is 27.3 Å². The number of allylic oxidation sites excluding steroid dienone is 2. The van der Waals surface area contributed by atoms with E-state index in [1.54, 1.807) is 11.3 Å². The molecule has 0 aliphatic heterocycles. The molecule has 2 aliphatic rings. The van der Waals surface area contributed by atoms with Gasteiger partial charge in [0.2, 0.25) is 4.80 Å². The molecule has 1 fully saturated rings. The second-order valence-corrected chi connectivity index (χ2v) is 8.96. The van der Waals surface area contributed by atoms with Crippen molar-refractivity contribution in [1.29, 1.82) is 0 Å². The summed E-state index contributed by atoms with van der Waals surface area (Å²) in [5.74, 6) is 1.96. The first-order chi connectivity index (χ1) is 12.6. The van der Waals surface area contributed by atoms with Gasteiger partial charge < -0.3 is 0 Å². The SMILES string of the molecule is C=C(C)CN=c1scc(-c2ccc(Br)cc2)n1N=CC1CC2C=CC1C2. The molecule has 3 nitrogen and oxygen atoms in total. The van der Waals surface area contributed by atoms with Crippen molar-refractivity contribution in [2.75, 3.05) is 6.54 Å². The van der Waals surface area contributed by atoms with Gasteiger partial charge >= 0.3 is 0 Å². The van der Waals surface area contributed by atoms with Crippen LogP contribution in [0, 0.1) is 17.8 Å². The van der Waals surface area contributed by atoms with Crippen LogP contribution in [0.15, 0.2) is 68.5 Å².